The van der Waals surface area contributed by atoms with Gasteiger partial charge in [-0.15, -0.1) is 0 Å². The zero-order valence-electron chi connectivity index (χ0n) is 18.7. The molecule has 0 N–H and O–H groups in total. The molecule has 167 valence electrons. The third kappa shape index (κ3) is 9.03. The molecule has 0 aromatic carbocycles. The van der Waals surface area contributed by atoms with Crippen LogP contribution in [0.15, 0.2) is 72.9 Å². The van der Waals surface area contributed by atoms with Crippen molar-refractivity contribution in [3.05, 3.63) is 166 Å². The first-order chi connectivity index (χ1) is 15.9. The Morgan fingerprint density at radius 3 is 0.818 bits per heavy atom. The van der Waals surface area contributed by atoms with Crippen LogP contribution < -0.4 is 0 Å². The number of fused-ring (bicyclic) bond motifs is 3. The van der Waals surface area contributed by atoms with Gasteiger partial charge < -0.3 is 4.74 Å². The maximum absolute atomic E-state index is 4.94. The molecule has 3 saturated carbocycles. The largest absolute Gasteiger partial charge is 0.381 e. The predicted octanol–water partition coefficient (Wildman–Crippen LogP) is 6.46. The van der Waals surface area contributed by atoms with Crippen molar-refractivity contribution < 1.29 is 44.7 Å². The zero-order chi connectivity index (χ0) is 21.8. The molecule has 0 aromatic rings. The van der Waals surface area contributed by atoms with Crippen LogP contribution in [0.25, 0.3) is 0 Å². The predicted molar refractivity (Wildman–Crippen MR) is 133 cm³/mol. The molecule has 4 fully saturated rings. The van der Waals surface area contributed by atoms with E-state index in [4.69, 9.17) is 4.74 Å². The Labute approximate surface area is 235 Å². The van der Waals surface area contributed by atoms with Crippen LogP contribution in [-0.4, -0.2) is 13.2 Å². The van der Waals surface area contributed by atoms with Crippen molar-refractivity contribution in [2.24, 2.45) is 0 Å². The monoisotopic (exact) mass is 575 g/mol. The Balaban J connectivity index is 0.000000125. The van der Waals surface area contributed by atoms with E-state index in [9.17, 15) is 0 Å². The number of hydrogen-bond acceptors (Lipinski definition) is 1. The van der Waals surface area contributed by atoms with Crippen LogP contribution in [0.3, 0.4) is 0 Å². The van der Waals surface area contributed by atoms with Gasteiger partial charge in [-0.1, -0.05) is 72.9 Å². The van der Waals surface area contributed by atoms with Gasteiger partial charge in [0.05, 0.1) is 0 Å². The minimum Gasteiger partial charge on any atom is -0.381 e. The van der Waals surface area contributed by atoms with E-state index in [1.165, 1.54) is 48.3 Å². The summed E-state index contributed by atoms with van der Waals surface area (Å²) in [6.07, 6.45) is 46.6. The van der Waals surface area contributed by atoms with Gasteiger partial charge in [0.15, 0.2) is 0 Å². The molecule has 7 aliphatic rings. The van der Waals surface area contributed by atoms with Gasteiger partial charge in [0, 0.05) is 88.7 Å². The van der Waals surface area contributed by atoms with Crippen molar-refractivity contribution in [1.82, 2.24) is 0 Å². The Bertz CT molecular complexity index is 571. The molecule has 6 aliphatic carbocycles. The molecule has 1 aliphatic heterocycles. The molecule has 1 saturated heterocycles. The molecule has 0 bridgehead atoms. The van der Waals surface area contributed by atoms with Gasteiger partial charge in [-0.25, -0.2) is 0 Å². The Morgan fingerprint density at radius 2 is 0.636 bits per heavy atom. The third-order valence-electron chi connectivity index (χ3n) is 5.47. The summed E-state index contributed by atoms with van der Waals surface area (Å²) in [4.78, 5) is 0. The summed E-state index contributed by atoms with van der Waals surface area (Å²) in [5, 5.41) is 0. The molecule has 0 aromatic heterocycles. The molecule has 15 radical (unpaired) electrons. The van der Waals surface area contributed by atoms with Crippen molar-refractivity contribution in [2.45, 2.75) is 12.8 Å². The molecule has 0 spiro atoms. The number of rotatable bonds is 0. The fourth-order valence-electron chi connectivity index (χ4n) is 3.72. The average molecular weight is 575 g/mol. The molecular weight excluding hydrogens is 546 g/mol. The SMILES string of the molecule is C1CCOC1.[CH]1[CH][C]2C=CC=C[C]2[CH]1.[CH]1[CH][C]2C=CC=C[C]2[CH]1.[CH]1[CH][C]2C=CC=C[C]2[CH]1.[Gd]. The first kappa shape index (κ1) is 27.3. The van der Waals surface area contributed by atoms with E-state index in [2.05, 4.69) is 131 Å². The molecule has 0 atom stereocenters. The topological polar surface area (TPSA) is 9.23 Å². The summed E-state index contributed by atoms with van der Waals surface area (Å²) >= 11 is 0. The number of allylic oxidation sites excluding steroid dienone is 12. The van der Waals surface area contributed by atoms with E-state index >= 15 is 0 Å². The van der Waals surface area contributed by atoms with Crippen LogP contribution >= 0.6 is 0 Å². The minimum atomic E-state index is 0. The number of ether oxygens (including phenoxy) is 1. The van der Waals surface area contributed by atoms with E-state index in [0.717, 1.165) is 13.2 Å². The average Bonchev–Trinajstić information content (AvgIpc) is 3.67. The molecule has 1 heterocycles. The molecule has 7 rings (SSSR count). The summed E-state index contributed by atoms with van der Waals surface area (Å²) in [5.74, 6) is 7.99. The Hall–Kier alpha value is -0.275. The smallest absolute Gasteiger partial charge is 0.0466 e. The molecule has 0 unspecified atom stereocenters. The maximum Gasteiger partial charge on any atom is 0.0466 e. The maximum atomic E-state index is 4.94. The second-order valence-electron chi connectivity index (χ2n) is 7.78. The molecular formula is C31H29GdO. The van der Waals surface area contributed by atoms with Crippen LogP contribution in [0.2, 0.25) is 0 Å². The van der Waals surface area contributed by atoms with Crippen molar-refractivity contribution >= 4 is 0 Å². The van der Waals surface area contributed by atoms with Gasteiger partial charge in [-0.05, 0) is 70.6 Å². The first-order valence-electron chi connectivity index (χ1n) is 11.3. The standard InChI is InChI=1S/3C9H7.C4H8O.Gd/c3*1-2-5-9-7-3-6-8(9)4-1;1-2-4-5-3-1;/h3*1-7H;1-4H2;. The van der Waals surface area contributed by atoms with Crippen LogP contribution in [0.4, 0.5) is 0 Å². The fraction of sp³-hybridized carbons (Fsp3) is 0.129. The van der Waals surface area contributed by atoms with Gasteiger partial charge in [0.1, 0.15) is 0 Å². The summed E-state index contributed by atoms with van der Waals surface area (Å²) in [6.45, 7) is 2.00. The quantitative estimate of drug-likeness (QED) is 0.323. The van der Waals surface area contributed by atoms with Crippen LogP contribution in [0.5, 0.6) is 0 Å². The van der Waals surface area contributed by atoms with E-state index in [-0.39, 0.29) is 39.9 Å². The summed E-state index contributed by atoms with van der Waals surface area (Å²) < 4.78 is 4.94. The van der Waals surface area contributed by atoms with Crippen molar-refractivity contribution in [1.29, 1.82) is 0 Å². The van der Waals surface area contributed by atoms with Crippen LogP contribution in [0.1, 0.15) is 12.8 Å². The third-order valence-corrected chi connectivity index (χ3v) is 5.47. The Morgan fingerprint density at radius 1 is 0.394 bits per heavy atom. The second kappa shape index (κ2) is 15.7. The van der Waals surface area contributed by atoms with Crippen LogP contribution in [-0.2, 0) is 4.74 Å². The summed E-state index contributed by atoms with van der Waals surface area (Å²) in [6, 6.07) is 0. The molecule has 1 nitrogen and oxygen atoms in total. The van der Waals surface area contributed by atoms with Gasteiger partial charge in [0.2, 0.25) is 0 Å². The second-order valence-corrected chi connectivity index (χ2v) is 7.78. The van der Waals surface area contributed by atoms with Gasteiger partial charge in [-0.2, -0.15) is 0 Å². The van der Waals surface area contributed by atoms with Crippen molar-refractivity contribution in [3.8, 4) is 0 Å². The molecule has 0 amide bonds. The molecule has 2 heteroatoms. The molecule has 33 heavy (non-hydrogen) atoms. The van der Waals surface area contributed by atoms with Crippen LogP contribution in [0, 0.1) is 133 Å². The first-order valence-corrected chi connectivity index (χ1v) is 11.3. The minimum absolute atomic E-state index is 0. The van der Waals surface area contributed by atoms with Gasteiger partial charge >= 0.3 is 0 Å². The summed E-state index contributed by atoms with van der Waals surface area (Å²) in [7, 11) is 0. The summed E-state index contributed by atoms with van der Waals surface area (Å²) in [5.41, 5.74) is 0. The van der Waals surface area contributed by atoms with E-state index in [1.54, 1.807) is 0 Å². The van der Waals surface area contributed by atoms with Crippen molar-refractivity contribution in [2.75, 3.05) is 13.2 Å². The normalized spacial score (nSPS) is 25.8. The van der Waals surface area contributed by atoms with E-state index < -0.39 is 0 Å². The zero-order valence-corrected chi connectivity index (χ0v) is 21.0. The van der Waals surface area contributed by atoms with Gasteiger partial charge in [-0.3, -0.25) is 0 Å². The fourth-order valence-corrected chi connectivity index (χ4v) is 3.72. The Kier molecular flexibility index (Phi) is 13.0. The van der Waals surface area contributed by atoms with Gasteiger partial charge in [0.25, 0.3) is 0 Å². The van der Waals surface area contributed by atoms with E-state index in [0.29, 0.717) is 0 Å². The number of hydrogen-bond donors (Lipinski definition) is 0. The van der Waals surface area contributed by atoms with Crippen molar-refractivity contribution in [3.63, 3.8) is 0 Å². The van der Waals surface area contributed by atoms with E-state index in [1.807, 2.05) is 0 Å².